The number of carbonyl (C=O) groups excluding carboxylic acids is 1. The Kier molecular flexibility index (Phi) is 7.62. The van der Waals surface area contributed by atoms with Crippen LogP contribution in [0.2, 0.25) is 0 Å². The third-order valence-corrected chi connectivity index (χ3v) is 6.41. The molecule has 3 aromatic rings. The summed E-state index contributed by atoms with van der Waals surface area (Å²) in [5.41, 5.74) is 2.33. The van der Waals surface area contributed by atoms with Gasteiger partial charge < -0.3 is 14.0 Å². The number of halogens is 2. The molecule has 3 aromatic heterocycles. The van der Waals surface area contributed by atoms with E-state index in [1.165, 1.54) is 17.7 Å². The molecule has 35 heavy (non-hydrogen) atoms. The van der Waals surface area contributed by atoms with Gasteiger partial charge in [0.2, 0.25) is 0 Å². The molecule has 5 rings (SSSR count). The fourth-order valence-corrected chi connectivity index (χ4v) is 4.49. The minimum atomic E-state index is -2.78. The number of hydrogen-bond donors (Lipinski definition) is 0. The van der Waals surface area contributed by atoms with Gasteiger partial charge in [0, 0.05) is 55.8 Å². The number of aromatic nitrogens is 3. The molecule has 1 saturated carbocycles. The van der Waals surface area contributed by atoms with Crippen molar-refractivity contribution in [3.63, 3.8) is 0 Å². The number of carbonyl (C=O) groups is 1. The topological polar surface area (TPSA) is 90.0 Å². The number of pyridine rings is 2. The van der Waals surface area contributed by atoms with Gasteiger partial charge in [-0.3, -0.25) is 9.78 Å². The Morgan fingerprint density at radius 3 is 2.66 bits per heavy atom. The van der Waals surface area contributed by atoms with E-state index in [1.54, 1.807) is 31.5 Å². The van der Waals surface area contributed by atoms with Crippen LogP contribution in [0.4, 0.5) is 8.78 Å². The molecule has 11 heteroatoms. The molecule has 0 bridgehead atoms. The van der Waals surface area contributed by atoms with E-state index in [9.17, 15) is 18.8 Å². The number of methoxy groups -OCH3 is 1. The van der Waals surface area contributed by atoms with Crippen LogP contribution in [0.5, 0.6) is 0 Å². The number of fused-ring (bicyclic) bond motifs is 1. The molecule has 4 heterocycles. The molecule has 0 unspecified atom stereocenters. The van der Waals surface area contributed by atoms with Crippen LogP contribution in [0.3, 0.4) is 0 Å². The number of ketones is 1. The summed E-state index contributed by atoms with van der Waals surface area (Å²) in [6.45, 7) is 2.30. The van der Waals surface area contributed by atoms with Gasteiger partial charge >= 0.3 is 0 Å². The first-order valence-electron chi connectivity index (χ1n) is 10.7. The first-order valence-corrected chi connectivity index (χ1v) is 10.7. The van der Waals surface area contributed by atoms with Crippen molar-refractivity contribution < 1.29 is 23.0 Å². The number of alkyl halides is 2. The van der Waals surface area contributed by atoms with Crippen molar-refractivity contribution in [2.24, 2.45) is 0 Å². The van der Waals surface area contributed by atoms with Crippen LogP contribution in [0, 0.1) is 11.3 Å². The molecular formula is C24H26F2N4O3S2. The number of Topliss-reactive ketones (excluding diaryl/α,β-unsaturated/α-hetero) is 1. The summed E-state index contributed by atoms with van der Waals surface area (Å²) in [6.07, 6.45) is 3.66. The van der Waals surface area contributed by atoms with Gasteiger partial charge in [-0.25, -0.2) is 13.8 Å². The van der Waals surface area contributed by atoms with Crippen molar-refractivity contribution in [2.75, 3.05) is 20.3 Å². The SMILES string of the molecule is CO[C@]1(c2cc(C#N)cc(-c3cn([C@H]4CC4(F)F)c4cnc(CC(C)=O)cc34)n2)CCOC1.S.S. The highest BCUT2D eigenvalue weighted by atomic mass is 32.1. The quantitative estimate of drug-likeness (QED) is 0.485. The first kappa shape index (κ1) is 27.1. The Labute approximate surface area is 215 Å². The Morgan fingerprint density at radius 2 is 2.09 bits per heavy atom. The lowest BCUT2D eigenvalue weighted by atomic mass is 9.95. The predicted octanol–water partition coefficient (Wildman–Crippen LogP) is 4.17. The molecule has 0 radical (unpaired) electrons. The Hall–Kier alpha value is -2.52. The van der Waals surface area contributed by atoms with Crippen molar-refractivity contribution in [1.82, 2.24) is 14.5 Å². The van der Waals surface area contributed by atoms with Crippen molar-refractivity contribution in [2.45, 2.75) is 43.8 Å². The fourth-order valence-electron chi connectivity index (χ4n) is 4.49. The van der Waals surface area contributed by atoms with Crippen LogP contribution in [0.1, 0.15) is 42.8 Å². The molecule has 1 aliphatic heterocycles. The van der Waals surface area contributed by atoms with Crippen LogP contribution >= 0.6 is 27.0 Å². The molecule has 0 amide bonds. The van der Waals surface area contributed by atoms with Gasteiger partial charge in [0.05, 0.1) is 41.3 Å². The molecular weight excluding hydrogens is 494 g/mol. The maximum atomic E-state index is 14.0. The van der Waals surface area contributed by atoms with Crippen LogP contribution in [-0.2, 0) is 26.3 Å². The normalized spacial score (nSPS) is 22.2. The van der Waals surface area contributed by atoms with E-state index in [0.717, 1.165) is 0 Å². The lowest BCUT2D eigenvalue weighted by molar-refractivity contribution is -0.116. The average Bonchev–Trinajstić information content (AvgIpc) is 3.14. The summed E-state index contributed by atoms with van der Waals surface area (Å²) in [7, 11) is 1.58. The second-order valence-electron chi connectivity index (χ2n) is 8.74. The minimum absolute atomic E-state index is 0. The first-order chi connectivity index (χ1) is 15.8. The van der Waals surface area contributed by atoms with Crippen molar-refractivity contribution >= 4 is 43.7 Å². The van der Waals surface area contributed by atoms with E-state index in [1.807, 2.05) is 0 Å². The molecule has 7 nitrogen and oxygen atoms in total. The molecule has 1 aliphatic carbocycles. The minimum Gasteiger partial charge on any atom is -0.378 e. The van der Waals surface area contributed by atoms with Gasteiger partial charge in [0.25, 0.3) is 5.92 Å². The lowest BCUT2D eigenvalue weighted by Gasteiger charge is -2.25. The molecule has 1 saturated heterocycles. The third kappa shape index (κ3) is 4.80. The molecule has 0 aromatic carbocycles. The van der Waals surface area contributed by atoms with E-state index < -0.39 is 17.6 Å². The summed E-state index contributed by atoms with van der Waals surface area (Å²) >= 11 is 0. The highest BCUT2D eigenvalue weighted by molar-refractivity contribution is 7.59. The summed E-state index contributed by atoms with van der Waals surface area (Å²) in [5, 5.41) is 10.3. The molecule has 2 aliphatic rings. The second-order valence-corrected chi connectivity index (χ2v) is 8.74. The number of ether oxygens (including phenoxy) is 2. The molecule has 0 N–H and O–H groups in total. The zero-order valence-electron chi connectivity index (χ0n) is 19.3. The Bertz CT molecular complexity index is 1320. The van der Waals surface area contributed by atoms with Crippen LogP contribution < -0.4 is 0 Å². The molecule has 0 spiro atoms. The molecule has 2 atom stereocenters. The van der Waals surface area contributed by atoms with E-state index in [-0.39, 0.29) is 45.6 Å². The van der Waals surface area contributed by atoms with Crippen molar-refractivity contribution in [1.29, 1.82) is 5.26 Å². The van der Waals surface area contributed by atoms with Gasteiger partial charge in [0.1, 0.15) is 17.4 Å². The number of rotatable bonds is 6. The summed E-state index contributed by atoms with van der Waals surface area (Å²) < 4.78 is 40.8. The van der Waals surface area contributed by atoms with Crippen LogP contribution in [0.15, 0.2) is 30.6 Å². The number of hydrogen-bond acceptors (Lipinski definition) is 6. The highest BCUT2D eigenvalue weighted by Gasteiger charge is 2.58. The Morgan fingerprint density at radius 1 is 1.34 bits per heavy atom. The molecule has 186 valence electrons. The highest BCUT2D eigenvalue weighted by Crippen LogP contribution is 2.54. The number of nitriles is 1. The van der Waals surface area contributed by atoms with Crippen molar-refractivity contribution in [3.05, 3.63) is 47.5 Å². The zero-order valence-corrected chi connectivity index (χ0v) is 21.3. The summed E-state index contributed by atoms with van der Waals surface area (Å²) in [6, 6.07) is 6.27. The lowest BCUT2D eigenvalue weighted by Crippen LogP contribution is -2.30. The maximum absolute atomic E-state index is 14.0. The van der Waals surface area contributed by atoms with Gasteiger partial charge in [-0.1, -0.05) is 0 Å². The second kappa shape index (κ2) is 9.85. The number of nitrogens with zero attached hydrogens (tertiary/aromatic N) is 4. The summed E-state index contributed by atoms with van der Waals surface area (Å²) in [4.78, 5) is 20.8. The largest absolute Gasteiger partial charge is 0.378 e. The van der Waals surface area contributed by atoms with Gasteiger partial charge in [-0.2, -0.15) is 32.3 Å². The van der Waals surface area contributed by atoms with Gasteiger partial charge in [0.15, 0.2) is 0 Å². The Balaban J connectivity index is 0.00000171. The molecule has 2 fully saturated rings. The van der Waals surface area contributed by atoms with E-state index >= 15 is 0 Å². The monoisotopic (exact) mass is 520 g/mol. The summed E-state index contributed by atoms with van der Waals surface area (Å²) in [5.74, 6) is -2.83. The predicted molar refractivity (Wildman–Crippen MR) is 136 cm³/mol. The average molecular weight is 521 g/mol. The van der Waals surface area contributed by atoms with Gasteiger partial charge in [-0.15, -0.1) is 0 Å². The van der Waals surface area contributed by atoms with E-state index in [0.29, 0.717) is 58.7 Å². The fraction of sp³-hybridized carbons (Fsp3) is 0.417. The maximum Gasteiger partial charge on any atom is 0.270 e. The third-order valence-electron chi connectivity index (χ3n) is 6.41. The van der Waals surface area contributed by atoms with Crippen LogP contribution in [0.25, 0.3) is 22.2 Å². The van der Waals surface area contributed by atoms with E-state index in [4.69, 9.17) is 14.5 Å². The van der Waals surface area contributed by atoms with E-state index in [2.05, 4.69) is 11.1 Å². The standard InChI is InChI=1S/C24H22F2N4O3.2H2S/c1-14(31)5-16-8-17-18(12-30(20(17)11-28-16)22-9-24(22,25)26)19-6-15(10-27)7-21(29-19)23(32-2)3-4-33-13-23;;/h6-8,11-12,22H,3-5,9,13H2,1-2H3;2*1H2/t22-,23+;;/m0../s1. The van der Waals surface area contributed by atoms with Crippen LogP contribution in [-0.4, -0.2) is 46.6 Å². The van der Waals surface area contributed by atoms with Crippen molar-refractivity contribution in [3.8, 4) is 17.3 Å². The smallest absolute Gasteiger partial charge is 0.270 e. The van der Waals surface area contributed by atoms with Gasteiger partial charge in [-0.05, 0) is 25.1 Å². The zero-order chi connectivity index (χ0) is 23.4.